The Morgan fingerprint density at radius 1 is 1.32 bits per heavy atom. The number of nitrogens with one attached hydrogen (secondary N) is 1. The second-order valence-electron chi connectivity index (χ2n) is 5.49. The second-order valence-corrected chi connectivity index (χ2v) is 5.49. The zero-order valence-corrected chi connectivity index (χ0v) is 12.4. The highest BCUT2D eigenvalue weighted by molar-refractivity contribution is 5.94. The van der Waals surface area contributed by atoms with Crippen LogP contribution in [0.3, 0.4) is 0 Å². The Morgan fingerprint density at radius 3 is 2.73 bits per heavy atom. The van der Waals surface area contributed by atoms with Crippen LogP contribution in [0.15, 0.2) is 24.3 Å². The van der Waals surface area contributed by atoms with Gasteiger partial charge in [0.05, 0.1) is 5.92 Å². The van der Waals surface area contributed by atoms with E-state index in [0.29, 0.717) is 30.6 Å². The smallest absolute Gasteiger partial charge is 0.306 e. The Morgan fingerprint density at radius 2 is 2.09 bits per heavy atom. The number of rotatable bonds is 6. The number of carboxylic acid groups (broad SMARTS) is 1. The molecule has 2 atom stereocenters. The Kier molecular flexibility index (Phi) is 5.14. The van der Waals surface area contributed by atoms with Crippen LogP contribution >= 0.6 is 0 Å². The van der Waals surface area contributed by atoms with Gasteiger partial charge in [-0.3, -0.25) is 14.4 Å². The van der Waals surface area contributed by atoms with E-state index in [9.17, 15) is 14.4 Å². The molecule has 0 aromatic heterocycles. The van der Waals surface area contributed by atoms with E-state index in [0.717, 1.165) is 0 Å². The van der Waals surface area contributed by atoms with Gasteiger partial charge in [-0.1, -0.05) is 12.1 Å². The average Bonchev–Trinajstić information content (AvgIpc) is 2.94. The lowest BCUT2D eigenvalue weighted by atomic mass is 10.1. The Bertz CT molecular complexity index is 584. The van der Waals surface area contributed by atoms with Gasteiger partial charge >= 0.3 is 5.97 Å². The van der Waals surface area contributed by atoms with E-state index in [-0.39, 0.29) is 30.3 Å². The molecule has 6 heteroatoms. The molecule has 6 nitrogen and oxygen atoms in total. The molecule has 1 amide bonds. The fourth-order valence-electron chi connectivity index (χ4n) is 2.56. The number of carboxylic acids is 1. The van der Waals surface area contributed by atoms with Gasteiger partial charge in [-0.05, 0) is 38.3 Å². The molecule has 2 N–H and O–H groups in total. The monoisotopic (exact) mass is 305 g/mol. The van der Waals surface area contributed by atoms with E-state index in [4.69, 9.17) is 9.84 Å². The zero-order chi connectivity index (χ0) is 16.1. The number of carbonyl (C=O) groups is 3. The summed E-state index contributed by atoms with van der Waals surface area (Å²) in [6, 6.07) is 6.53. The molecular weight excluding hydrogens is 286 g/mol. The van der Waals surface area contributed by atoms with E-state index in [2.05, 4.69) is 5.32 Å². The Balaban J connectivity index is 1.80. The SMILES string of the molecule is CC(=O)c1cccc(OCC(=O)N[C@H]2CC[C@@H](C(=O)O)C2)c1. The van der Waals surface area contributed by atoms with Crippen molar-refractivity contribution in [2.45, 2.75) is 32.2 Å². The van der Waals surface area contributed by atoms with Crippen molar-refractivity contribution in [1.29, 1.82) is 0 Å². The van der Waals surface area contributed by atoms with Gasteiger partial charge in [0.25, 0.3) is 5.91 Å². The fraction of sp³-hybridized carbons (Fsp3) is 0.438. The highest BCUT2D eigenvalue weighted by atomic mass is 16.5. The third-order valence-electron chi connectivity index (χ3n) is 3.76. The van der Waals surface area contributed by atoms with Crippen molar-refractivity contribution in [3.63, 3.8) is 0 Å². The van der Waals surface area contributed by atoms with Gasteiger partial charge in [0.2, 0.25) is 0 Å². The highest BCUT2D eigenvalue weighted by Gasteiger charge is 2.30. The summed E-state index contributed by atoms with van der Waals surface area (Å²) in [5.41, 5.74) is 0.526. The minimum Gasteiger partial charge on any atom is -0.484 e. The van der Waals surface area contributed by atoms with Crippen LogP contribution in [-0.4, -0.2) is 35.4 Å². The summed E-state index contributed by atoms with van der Waals surface area (Å²) < 4.78 is 5.36. The molecule has 22 heavy (non-hydrogen) atoms. The normalized spacial score (nSPS) is 20.4. The zero-order valence-electron chi connectivity index (χ0n) is 12.4. The van der Waals surface area contributed by atoms with E-state index < -0.39 is 5.97 Å². The molecule has 0 saturated heterocycles. The summed E-state index contributed by atoms with van der Waals surface area (Å²) >= 11 is 0. The minimum atomic E-state index is -0.811. The predicted octanol–water partition coefficient (Wildman–Crippen LogP) is 1.64. The van der Waals surface area contributed by atoms with E-state index in [1.165, 1.54) is 6.92 Å². The topological polar surface area (TPSA) is 92.7 Å². The van der Waals surface area contributed by atoms with Gasteiger partial charge in [0.15, 0.2) is 12.4 Å². The predicted molar refractivity (Wildman–Crippen MR) is 78.8 cm³/mol. The number of aliphatic carboxylic acids is 1. The van der Waals surface area contributed by atoms with Crippen molar-refractivity contribution < 1.29 is 24.2 Å². The first kappa shape index (κ1) is 16.0. The molecule has 1 aromatic carbocycles. The molecule has 2 rings (SSSR count). The number of Topliss-reactive ketones (excluding diaryl/α,β-unsaturated/α-hetero) is 1. The Hall–Kier alpha value is -2.37. The van der Waals surface area contributed by atoms with E-state index in [1.807, 2.05) is 0 Å². The lowest BCUT2D eigenvalue weighted by Gasteiger charge is -2.13. The number of amides is 1. The van der Waals surface area contributed by atoms with Gasteiger partial charge < -0.3 is 15.2 Å². The summed E-state index contributed by atoms with van der Waals surface area (Å²) in [4.78, 5) is 34.0. The van der Waals surface area contributed by atoms with Crippen LogP contribution in [0.25, 0.3) is 0 Å². The molecule has 0 heterocycles. The standard InChI is InChI=1S/C16H19NO5/c1-10(18)11-3-2-4-14(8-11)22-9-15(19)17-13-6-5-12(7-13)16(20)21/h2-4,8,12-13H,5-7,9H2,1H3,(H,17,19)(H,20,21)/t12-,13+/m1/s1. The Labute approximate surface area is 128 Å². The number of hydrogen-bond donors (Lipinski definition) is 2. The van der Waals surface area contributed by atoms with Gasteiger partial charge in [-0.15, -0.1) is 0 Å². The van der Waals surface area contributed by atoms with Crippen molar-refractivity contribution in [2.75, 3.05) is 6.61 Å². The molecule has 1 aliphatic carbocycles. The summed E-state index contributed by atoms with van der Waals surface area (Å²) in [6.45, 7) is 1.31. The lowest BCUT2D eigenvalue weighted by molar-refractivity contribution is -0.141. The second kappa shape index (κ2) is 7.06. The third-order valence-corrected chi connectivity index (χ3v) is 3.76. The van der Waals surface area contributed by atoms with Crippen molar-refractivity contribution in [3.05, 3.63) is 29.8 Å². The molecule has 1 aromatic rings. The quantitative estimate of drug-likeness (QED) is 0.779. The van der Waals surface area contributed by atoms with Crippen LogP contribution in [0, 0.1) is 5.92 Å². The first-order valence-corrected chi connectivity index (χ1v) is 7.21. The summed E-state index contributed by atoms with van der Waals surface area (Å²) in [5, 5.41) is 11.7. The molecule has 0 spiro atoms. The molecule has 0 aliphatic heterocycles. The van der Waals surface area contributed by atoms with Crippen molar-refractivity contribution in [3.8, 4) is 5.75 Å². The van der Waals surface area contributed by atoms with Crippen LogP contribution in [0.5, 0.6) is 5.75 Å². The number of hydrogen-bond acceptors (Lipinski definition) is 4. The maximum atomic E-state index is 11.8. The van der Waals surface area contributed by atoms with Crippen molar-refractivity contribution >= 4 is 17.7 Å². The van der Waals surface area contributed by atoms with Gasteiger partial charge in [-0.2, -0.15) is 0 Å². The summed E-state index contributed by atoms with van der Waals surface area (Å²) in [7, 11) is 0. The molecule has 0 bridgehead atoms. The van der Waals surface area contributed by atoms with Gasteiger partial charge in [0, 0.05) is 11.6 Å². The summed E-state index contributed by atoms with van der Waals surface area (Å²) in [6.07, 6.45) is 1.71. The third kappa shape index (κ3) is 4.31. The average molecular weight is 305 g/mol. The van der Waals surface area contributed by atoms with Gasteiger partial charge in [0.1, 0.15) is 5.75 Å². The van der Waals surface area contributed by atoms with Crippen LogP contribution in [-0.2, 0) is 9.59 Å². The molecule has 1 aliphatic rings. The maximum absolute atomic E-state index is 11.8. The van der Waals surface area contributed by atoms with Gasteiger partial charge in [-0.25, -0.2) is 0 Å². The minimum absolute atomic E-state index is 0.0689. The fourth-order valence-corrected chi connectivity index (χ4v) is 2.56. The lowest BCUT2D eigenvalue weighted by Crippen LogP contribution is -2.36. The van der Waals surface area contributed by atoms with Crippen LogP contribution in [0.1, 0.15) is 36.5 Å². The van der Waals surface area contributed by atoms with E-state index in [1.54, 1.807) is 24.3 Å². The first-order chi connectivity index (χ1) is 10.5. The molecule has 0 unspecified atom stereocenters. The molecule has 1 fully saturated rings. The number of carbonyl (C=O) groups excluding carboxylic acids is 2. The molecular formula is C16H19NO5. The maximum Gasteiger partial charge on any atom is 0.306 e. The number of ether oxygens (including phenoxy) is 1. The van der Waals surface area contributed by atoms with Crippen LogP contribution < -0.4 is 10.1 Å². The first-order valence-electron chi connectivity index (χ1n) is 7.21. The molecule has 1 saturated carbocycles. The molecule has 0 radical (unpaired) electrons. The number of benzene rings is 1. The van der Waals surface area contributed by atoms with Crippen molar-refractivity contribution in [2.24, 2.45) is 5.92 Å². The van der Waals surface area contributed by atoms with Crippen molar-refractivity contribution in [1.82, 2.24) is 5.32 Å². The molecule has 118 valence electrons. The summed E-state index contributed by atoms with van der Waals surface area (Å²) in [5.74, 6) is -1.09. The van der Waals surface area contributed by atoms with Crippen LogP contribution in [0.4, 0.5) is 0 Å². The highest BCUT2D eigenvalue weighted by Crippen LogP contribution is 2.25. The van der Waals surface area contributed by atoms with Crippen LogP contribution in [0.2, 0.25) is 0 Å². The van der Waals surface area contributed by atoms with E-state index >= 15 is 0 Å². The largest absolute Gasteiger partial charge is 0.484 e. The number of ketones is 1.